The zero-order valence-electron chi connectivity index (χ0n) is 9.04. The number of rotatable bonds is 2. The van der Waals surface area contributed by atoms with E-state index in [1.165, 1.54) is 0 Å². The second-order valence-corrected chi connectivity index (χ2v) is 4.46. The molecule has 82 valence electrons. The summed E-state index contributed by atoms with van der Waals surface area (Å²) in [6, 6.07) is 8.04. The third-order valence-corrected chi connectivity index (χ3v) is 2.96. The number of anilines is 1. The van der Waals surface area contributed by atoms with Gasteiger partial charge in [-0.1, -0.05) is 12.1 Å². The molecule has 1 saturated heterocycles. The average molecular weight is 208 g/mol. The molecule has 0 aromatic heterocycles. The van der Waals surface area contributed by atoms with Crippen LogP contribution in [-0.2, 0) is 6.54 Å². The highest BCUT2D eigenvalue weighted by Gasteiger charge is 2.33. The maximum absolute atomic E-state index is 13.6. The molecule has 2 N–H and O–H groups in total. The van der Waals surface area contributed by atoms with E-state index < -0.39 is 5.67 Å². The number of benzene rings is 1. The van der Waals surface area contributed by atoms with Crippen LogP contribution in [-0.4, -0.2) is 18.8 Å². The van der Waals surface area contributed by atoms with Crippen LogP contribution in [0.3, 0.4) is 0 Å². The quantitative estimate of drug-likeness (QED) is 0.806. The van der Waals surface area contributed by atoms with Crippen molar-refractivity contribution in [2.24, 2.45) is 5.73 Å². The Balaban J connectivity index is 2.11. The summed E-state index contributed by atoms with van der Waals surface area (Å²) in [4.78, 5) is 2.08. The molecule has 3 heteroatoms. The fourth-order valence-electron chi connectivity index (χ4n) is 1.99. The Morgan fingerprint density at radius 1 is 1.40 bits per heavy atom. The van der Waals surface area contributed by atoms with Crippen molar-refractivity contribution in [3.05, 3.63) is 29.8 Å². The lowest BCUT2D eigenvalue weighted by Gasteiger charge is -2.19. The molecule has 1 fully saturated rings. The van der Waals surface area contributed by atoms with E-state index in [0.29, 0.717) is 19.5 Å². The summed E-state index contributed by atoms with van der Waals surface area (Å²) < 4.78 is 13.6. The summed E-state index contributed by atoms with van der Waals surface area (Å²) in [5.74, 6) is 0. The molecule has 1 aliphatic heterocycles. The van der Waals surface area contributed by atoms with Crippen molar-refractivity contribution in [1.29, 1.82) is 0 Å². The summed E-state index contributed by atoms with van der Waals surface area (Å²) >= 11 is 0. The zero-order valence-corrected chi connectivity index (χ0v) is 9.04. The molecule has 0 saturated carbocycles. The first-order chi connectivity index (χ1) is 7.11. The largest absolute Gasteiger partial charge is 0.368 e. The fourth-order valence-corrected chi connectivity index (χ4v) is 1.99. The molecule has 1 unspecified atom stereocenters. The molecule has 0 bridgehead atoms. The minimum Gasteiger partial charge on any atom is -0.368 e. The Morgan fingerprint density at radius 2 is 2.07 bits per heavy atom. The number of nitrogens with zero attached hydrogens (tertiary/aromatic N) is 1. The Hall–Kier alpha value is -1.09. The van der Waals surface area contributed by atoms with Crippen LogP contribution < -0.4 is 10.6 Å². The standard InChI is InChI=1S/C12H17FN2/c1-12(13)6-7-15(9-12)11-4-2-10(8-14)3-5-11/h2-5H,6-9,14H2,1H3. The number of alkyl halides is 1. The minimum atomic E-state index is -1.04. The first kappa shape index (κ1) is 10.4. The Kier molecular flexibility index (Phi) is 2.65. The highest BCUT2D eigenvalue weighted by Crippen LogP contribution is 2.29. The fraction of sp³-hybridized carbons (Fsp3) is 0.500. The van der Waals surface area contributed by atoms with E-state index in [9.17, 15) is 4.39 Å². The maximum Gasteiger partial charge on any atom is 0.127 e. The van der Waals surface area contributed by atoms with Crippen LogP contribution in [0.4, 0.5) is 10.1 Å². The smallest absolute Gasteiger partial charge is 0.127 e. The molecular formula is C12H17FN2. The van der Waals surface area contributed by atoms with E-state index in [0.717, 1.165) is 17.8 Å². The summed E-state index contributed by atoms with van der Waals surface area (Å²) in [7, 11) is 0. The molecule has 0 radical (unpaired) electrons. The van der Waals surface area contributed by atoms with Crippen LogP contribution in [0.1, 0.15) is 18.9 Å². The molecule has 15 heavy (non-hydrogen) atoms. The van der Waals surface area contributed by atoms with Gasteiger partial charge in [-0.05, 0) is 24.6 Å². The lowest BCUT2D eigenvalue weighted by Crippen LogP contribution is -2.25. The van der Waals surface area contributed by atoms with Gasteiger partial charge >= 0.3 is 0 Å². The highest BCUT2D eigenvalue weighted by molar-refractivity contribution is 5.49. The topological polar surface area (TPSA) is 29.3 Å². The molecule has 1 aliphatic rings. The van der Waals surface area contributed by atoms with Gasteiger partial charge in [-0.2, -0.15) is 0 Å². The van der Waals surface area contributed by atoms with Crippen LogP contribution in [0, 0.1) is 0 Å². The van der Waals surface area contributed by atoms with Crippen LogP contribution in [0.5, 0.6) is 0 Å². The minimum absolute atomic E-state index is 0.495. The number of nitrogens with two attached hydrogens (primary N) is 1. The number of halogens is 1. The molecule has 0 spiro atoms. The second-order valence-electron chi connectivity index (χ2n) is 4.46. The zero-order chi connectivity index (χ0) is 10.9. The molecule has 0 amide bonds. The molecule has 1 aromatic carbocycles. The summed E-state index contributed by atoms with van der Waals surface area (Å²) in [5, 5.41) is 0. The van der Waals surface area contributed by atoms with E-state index >= 15 is 0 Å². The van der Waals surface area contributed by atoms with Crippen molar-refractivity contribution < 1.29 is 4.39 Å². The molecule has 1 atom stereocenters. The van der Waals surface area contributed by atoms with Crippen molar-refractivity contribution in [1.82, 2.24) is 0 Å². The normalized spacial score (nSPS) is 25.9. The van der Waals surface area contributed by atoms with Gasteiger partial charge in [0.2, 0.25) is 0 Å². The van der Waals surface area contributed by atoms with Gasteiger partial charge < -0.3 is 10.6 Å². The van der Waals surface area contributed by atoms with E-state index in [1.54, 1.807) is 6.92 Å². The van der Waals surface area contributed by atoms with Gasteiger partial charge in [0.05, 0.1) is 6.54 Å². The van der Waals surface area contributed by atoms with Crippen molar-refractivity contribution in [3.8, 4) is 0 Å². The third-order valence-electron chi connectivity index (χ3n) is 2.96. The Bertz CT molecular complexity index is 332. The first-order valence-electron chi connectivity index (χ1n) is 5.34. The van der Waals surface area contributed by atoms with Gasteiger partial charge in [0.15, 0.2) is 0 Å². The Morgan fingerprint density at radius 3 is 2.53 bits per heavy atom. The van der Waals surface area contributed by atoms with Crippen molar-refractivity contribution in [2.45, 2.75) is 25.6 Å². The van der Waals surface area contributed by atoms with Gasteiger partial charge in [0.25, 0.3) is 0 Å². The molecule has 1 heterocycles. The number of hydrogen-bond acceptors (Lipinski definition) is 2. The number of hydrogen-bond donors (Lipinski definition) is 1. The average Bonchev–Trinajstić information content (AvgIpc) is 2.59. The molecule has 1 aromatic rings. The maximum atomic E-state index is 13.6. The van der Waals surface area contributed by atoms with Crippen LogP contribution in [0.15, 0.2) is 24.3 Å². The van der Waals surface area contributed by atoms with Crippen molar-refractivity contribution in [3.63, 3.8) is 0 Å². The first-order valence-corrected chi connectivity index (χ1v) is 5.34. The summed E-state index contributed by atoms with van der Waals surface area (Å²) in [6.45, 7) is 3.52. The van der Waals surface area contributed by atoms with E-state index in [-0.39, 0.29) is 0 Å². The molecule has 2 rings (SSSR count). The van der Waals surface area contributed by atoms with E-state index in [2.05, 4.69) is 4.90 Å². The molecule has 2 nitrogen and oxygen atoms in total. The SMILES string of the molecule is CC1(F)CCN(c2ccc(CN)cc2)C1. The lowest BCUT2D eigenvalue weighted by atomic mass is 10.1. The highest BCUT2D eigenvalue weighted by atomic mass is 19.1. The lowest BCUT2D eigenvalue weighted by molar-refractivity contribution is 0.221. The van der Waals surface area contributed by atoms with E-state index in [4.69, 9.17) is 5.73 Å². The van der Waals surface area contributed by atoms with Gasteiger partial charge in [-0.15, -0.1) is 0 Å². The predicted molar refractivity (Wildman–Crippen MR) is 60.7 cm³/mol. The van der Waals surface area contributed by atoms with Gasteiger partial charge in [-0.3, -0.25) is 0 Å². The van der Waals surface area contributed by atoms with Gasteiger partial charge in [0, 0.05) is 25.2 Å². The molecular weight excluding hydrogens is 191 g/mol. The van der Waals surface area contributed by atoms with Crippen LogP contribution in [0.2, 0.25) is 0 Å². The van der Waals surface area contributed by atoms with Crippen molar-refractivity contribution >= 4 is 5.69 Å². The van der Waals surface area contributed by atoms with Crippen LogP contribution in [0.25, 0.3) is 0 Å². The van der Waals surface area contributed by atoms with Gasteiger partial charge in [0.1, 0.15) is 5.67 Å². The monoisotopic (exact) mass is 208 g/mol. The van der Waals surface area contributed by atoms with Crippen molar-refractivity contribution in [2.75, 3.05) is 18.0 Å². The molecule has 0 aliphatic carbocycles. The summed E-state index contributed by atoms with van der Waals surface area (Å²) in [5.41, 5.74) is 6.69. The second kappa shape index (κ2) is 3.81. The predicted octanol–water partition coefficient (Wildman–Crippen LogP) is 2.08. The van der Waals surface area contributed by atoms with E-state index in [1.807, 2.05) is 24.3 Å². The van der Waals surface area contributed by atoms with Gasteiger partial charge in [-0.25, -0.2) is 4.39 Å². The summed E-state index contributed by atoms with van der Waals surface area (Å²) in [6.07, 6.45) is 0.617. The van der Waals surface area contributed by atoms with Crippen LogP contribution >= 0.6 is 0 Å². The third kappa shape index (κ3) is 2.29. The Labute approximate surface area is 89.9 Å².